The lowest BCUT2D eigenvalue weighted by atomic mass is 10.1. The summed E-state index contributed by atoms with van der Waals surface area (Å²) in [7, 11) is 0. The van der Waals surface area contributed by atoms with Gasteiger partial charge in [0.25, 0.3) is 0 Å². The molecule has 0 bridgehead atoms. The van der Waals surface area contributed by atoms with Crippen LogP contribution >= 0.6 is 0 Å². The van der Waals surface area contributed by atoms with Crippen molar-refractivity contribution in [1.82, 2.24) is 0 Å². The molecule has 0 heterocycles. The summed E-state index contributed by atoms with van der Waals surface area (Å²) >= 11 is 0. The van der Waals surface area contributed by atoms with E-state index in [0.29, 0.717) is 0 Å². The van der Waals surface area contributed by atoms with Gasteiger partial charge < -0.3 is 10.5 Å². The second-order valence-corrected chi connectivity index (χ2v) is 3.05. The maximum Gasteiger partial charge on any atom is 0.420 e. The van der Waals surface area contributed by atoms with E-state index in [4.69, 9.17) is 5.73 Å². The molecule has 0 saturated carbocycles. The summed E-state index contributed by atoms with van der Waals surface area (Å²) in [5.41, 5.74) is 4.09. The van der Waals surface area contributed by atoms with Gasteiger partial charge in [-0.25, -0.2) is 0 Å². The van der Waals surface area contributed by atoms with Gasteiger partial charge in [0.1, 0.15) is 5.56 Å². The van der Waals surface area contributed by atoms with Crippen LogP contribution in [0.5, 0.6) is 5.75 Å². The topological polar surface area (TPSA) is 52.3 Å². The molecule has 0 aliphatic heterocycles. The fourth-order valence-electron chi connectivity index (χ4n) is 1.08. The van der Waals surface area contributed by atoms with Crippen LogP contribution < -0.4 is 10.5 Å². The molecule has 0 aliphatic rings. The Bertz CT molecular complexity index is 402. The monoisotopic (exact) mass is 233 g/mol. The predicted octanol–water partition coefficient (Wildman–Crippen LogP) is 2.60. The predicted molar refractivity (Wildman–Crippen MR) is 51.8 cm³/mol. The van der Waals surface area contributed by atoms with E-state index in [0.717, 1.165) is 12.1 Å². The lowest BCUT2D eigenvalue weighted by Gasteiger charge is -2.14. The number of alkyl halides is 3. The third-order valence-electron chi connectivity index (χ3n) is 1.86. The number of benzene rings is 1. The molecule has 0 amide bonds. The highest BCUT2D eigenvalue weighted by Gasteiger charge is 2.35. The van der Waals surface area contributed by atoms with Crippen LogP contribution in [0.15, 0.2) is 18.2 Å². The minimum Gasteiger partial charge on any atom is -0.424 e. The first-order valence-corrected chi connectivity index (χ1v) is 4.52. The van der Waals surface area contributed by atoms with Crippen molar-refractivity contribution >= 4 is 11.7 Å². The van der Waals surface area contributed by atoms with Crippen LogP contribution in [0.1, 0.15) is 18.9 Å². The van der Waals surface area contributed by atoms with E-state index in [-0.39, 0.29) is 12.1 Å². The Morgan fingerprint density at radius 2 is 2.06 bits per heavy atom. The van der Waals surface area contributed by atoms with Crippen molar-refractivity contribution in [2.75, 3.05) is 5.73 Å². The number of para-hydroxylation sites is 1. The SMILES string of the molecule is CCC(=O)Oc1c(N)cccc1C(F)(F)F. The zero-order chi connectivity index (χ0) is 12.3. The summed E-state index contributed by atoms with van der Waals surface area (Å²) in [6.45, 7) is 1.48. The molecule has 0 atom stereocenters. The van der Waals surface area contributed by atoms with E-state index in [1.54, 1.807) is 0 Å². The lowest BCUT2D eigenvalue weighted by Crippen LogP contribution is -2.14. The van der Waals surface area contributed by atoms with E-state index in [2.05, 4.69) is 4.74 Å². The molecule has 2 N–H and O–H groups in total. The summed E-state index contributed by atoms with van der Waals surface area (Å²) in [5.74, 6) is -1.38. The average Bonchev–Trinajstić information content (AvgIpc) is 2.19. The summed E-state index contributed by atoms with van der Waals surface area (Å²) in [5, 5.41) is 0. The van der Waals surface area contributed by atoms with E-state index in [1.165, 1.54) is 13.0 Å². The van der Waals surface area contributed by atoms with Crippen molar-refractivity contribution in [3.8, 4) is 5.75 Å². The molecule has 16 heavy (non-hydrogen) atoms. The summed E-state index contributed by atoms with van der Waals surface area (Å²) in [6.07, 6.45) is -4.62. The highest BCUT2D eigenvalue weighted by molar-refractivity contribution is 5.75. The molecule has 0 spiro atoms. The molecular formula is C10H10F3NO2. The third kappa shape index (κ3) is 2.65. The van der Waals surface area contributed by atoms with Crippen LogP contribution in [0.3, 0.4) is 0 Å². The van der Waals surface area contributed by atoms with Gasteiger partial charge >= 0.3 is 12.1 Å². The third-order valence-corrected chi connectivity index (χ3v) is 1.86. The van der Waals surface area contributed by atoms with Crippen molar-refractivity contribution in [3.05, 3.63) is 23.8 Å². The molecule has 0 aromatic heterocycles. The Labute approximate surface area is 90.0 Å². The van der Waals surface area contributed by atoms with Crippen molar-refractivity contribution in [3.63, 3.8) is 0 Å². The van der Waals surface area contributed by atoms with Gasteiger partial charge in [0, 0.05) is 6.42 Å². The maximum atomic E-state index is 12.5. The van der Waals surface area contributed by atoms with E-state index in [1.807, 2.05) is 0 Å². The number of rotatable bonds is 2. The van der Waals surface area contributed by atoms with Gasteiger partial charge in [-0.2, -0.15) is 13.2 Å². The first-order chi connectivity index (χ1) is 7.36. The zero-order valence-corrected chi connectivity index (χ0v) is 8.47. The number of ether oxygens (including phenoxy) is 1. The van der Waals surface area contributed by atoms with Crippen molar-refractivity contribution in [1.29, 1.82) is 0 Å². The summed E-state index contributed by atoms with van der Waals surface area (Å²) < 4.78 is 42.2. The zero-order valence-electron chi connectivity index (χ0n) is 8.47. The lowest BCUT2D eigenvalue weighted by molar-refractivity contribution is -0.142. The van der Waals surface area contributed by atoms with E-state index < -0.39 is 23.5 Å². The second kappa shape index (κ2) is 4.42. The standard InChI is InChI=1S/C10H10F3NO2/c1-2-8(15)16-9-6(10(11,12)13)4-3-5-7(9)14/h3-5H,2,14H2,1H3. The quantitative estimate of drug-likeness (QED) is 0.485. The molecule has 1 aromatic rings. The number of carbonyl (C=O) groups excluding carboxylic acids is 1. The Balaban J connectivity index is 3.19. The molecule has 0 saturated heterocycles. The molecule has 1 rings (SSSR count). The number of anilines is 1. The van der Waals surface area contributed by atoms with Gasteiger partial charge in [-0.05, 0) is 12.1 Å². The van der Waals surface area contributed by atoms with Gasteiger partial charge in [0.05, 0.1) is 5.69 Å². The first-order valence-electron chi connectivity index (χ1n) is 4.52. The molecule has 6 heteroatoms. The number of esters is 1. The molecule has 0 radical (unpaired) electrons. The Hall–Kier alpha value is -1.72. The van der Waals surface area contributed by atoms with Crippen LogP contribution in [0.25, 0.3) is 0 Å². The van der Waals surface area contributed by atoms with Crippen LogP contribution in [-0.2, 0) is 11.0 Å². The van der Waals surface area contributed by atoms with Crippen LogP contribution in [0, 0.1) is 0 Å². The summed E-state index contributed by atoms with van der Waals surface area (Å²) in [4.78, 5) is 11.0. The average molecular weight is 233 g/mol. The summed E-state index contributed by atoms with van der Waals surface area (Å²) in [6, 6.07) is 3.21. The number of hydrogen-bond donors (Lipinski definition) is 1. The molecule has 0 unspecified atom stereocenters. The smallest absolute Gasteiger partial charge is 0.420 e. The van der Waals surface area contributed by atoms with Gasteiger partial charge in [-0.3, -0.25) is 4.79 Å². The molecule has 3 nitrogen and oxygen atoms in total. The minimum atomic E-state index is -4.60. The fraction of sp³-hybridized carbons (Fsp3) is 0.300. The van der Waals surface area contributed by atoms with E-state index >= 15 is 0 Å². The molecule has 0 aliphatic carbocycles. The highest BCUT2D eigenvalue weighted by atomic mass is 19.4. The van der Waals surface area contributed by atoms with Gasteiger partial charge in [0.2, 0.25) is 0 Å². The Kier molecular flexibility index (Phi) is 3.41. The number of nitrogens with two attached hydrogens (primary N) is 1. The van der Waals surface area contributed by atoms with Gasteiger partial charge in [-0.1, -0.05) is 13.0 Å². The fourth-order valence-corrected chi connectivity index (χ4v) is 1.08. The normalized spacial score (nSPS) is 11.2. The highest BCUT2D eigenvalue weighted by Crippen LogP contribution is 2.39. The van der Waals surface area contributed by atoms with Crippen molar-refractivity contribution in [2.24, 2.45) is 0 Å². The van der Waals surface area contributed by atoms with Crippen LogP contribution in [-0.4, -0.2) is 5.97 Å². The first kappa shape index (κ1) is 12.4. The van der Waals surface area contributed by atoms with Gasteiger partial charge in [0.15, 0.2) is 5.75 Å². The number of nitrogen functional groups attached to an aromatic ring is 1. The largest absolute Gasteiger partial charge is 0.424 e. The molecule has 1 aromatic carbocycles. The number of hydrogen-bond acceptors (Lipinski definition) is 3. The Morgan fingerprint density at radius 3 is 2.56 bits per heavy atom. The molecule has 0 fully saturated rings. The number of halogens is 3. The number of carbonyl (C=O) groups is 1. The van der Waals surface area contributed by atoms with Crippen LogP contribution in [0.2, 0.25) is 0 Å². The van der Waals surface area contributed by atoms with Gasteiger partial charge in [-0.15, -0.1) is 0 Å². The van der Waals surface area contributed by atoms with E-state index in [9.17, 15) is 18.0 Å². The molecular weight excluding hydrogens is 223 g/mol. The van der Waals surface area contributed by atoms with Crippen molar-refractivity contribution in [2.45, 2.75) is 19.5 Å². The molecule has 88 valence electrons. The van der Waals surface area contributed by atoms with Crippen molar-refractivity contribution < 1.29 is 22.7 Å². The maximum absolute atomic E-state index is 12.5. The van der Waals surface area contributed by atoms with Crippen LogP contribution in [0.4, 0.5) is 18.9 Å². The Morgan fingerprint density at radius 1 is 1.44 bits per heavy atom. The second-order valence-electron chi connectivity index (χ2n) is 3.05. The minimum absolute atomic E-state index is 0.0222.